The number of anilines is 1. The van der Waals surface area contributed by atoms with Gasteiger partial charge in [0, 0.05) is 25.9 Å². The summed E-state index contributed by atoms with van der Waals surface area (Å²) in [6.07, 6.45) is 2.88. The van der Waals surface area contributed by atoms with E-state index < -0.39 is 11.8 Å². The largest absolute Gasteiger partial charge is 0.493 e. The van der Waals surface area contributed by atoms with Crippen LogP contribution in [0.2, 0.25) is 0 Å². The first-order valence-electron chi connectivity index (χ1n) is 10.8. The summed E-state index contributed by atoms with van der Waals surface area (Å²) >= 11 is 0. The molecule has 0 spiro atoms. The molecule has 0 aliphatic rings. The molecule has 10 nitrogen and oxygen atoms in total. The summed E-state index contributed by atoms with van der Waals surface area (Å²) < 4.78 is 15.8. The maximum atomic E-state index is 12.2. The third-order valence-corrected chi connectivity index (χ3v) is 4.59. The number of nitrogens with one attached hydrogen (secondary N) is 3. The van der Waals surface area contributed by atoms with Gasteiger partial charge in [0.2, 0.25) is 0 Å². The highest BCUT2D eigenvalue weighted by molar-refractivity contribution is 6.35. The summed E-state index contributed by atoms with van der Waals surface area (Å²) in [6.45, 7) is 2.67. The van der Waals surface area contributed by atoms with Crippen LogP contribution in [0, 0.1) is 0 Å². The van der Waals surface area contributed by atoms with Gasteiger partial charge in [0.05, 0.1) is 13.3 Å². The second kappa shape index (κ2) is 14.3. The Hall–Kier alpha value is -3.92. The number of hydrogen-bond acceptors (Lipinski definition) is 7. The van der Waals surface area contributed by atoms with Gasteiger partial charge in [-0.1, -0.05) is 19.1 Å². The highest BCUT2D eigenvalue weighted by Gasteiger charge is 2.12. The van der Waals surface area contributed by atoms with Crippen molar-refractivity contribution in [1.82, 2.24) is 10.7 Å². The van der Waals surface area contributed by atoms with Crippen molar-refractivity contribution in [3.8, 4) is 11.5 Å². The predicted molar refractivity (Wildman–Crippen MR) is 128 cm³/mol. The predicted octanol–water partition coefficient (Wildman–Crippen LogP) is 1.88. The molecule has 0 radical (unpaired) electrons. The smallest absolute Gasteiger partial charge is 0.329 e. The maximum Gasteiger partial charge on any atom is 0.329 e. The molecule has 0 unspecified atom stereocenters. The van der Waals surface area contributed by atoms with Gasteiger partial charge in [0.25, 0.3) is 5.91 Å². The summed E-state index contributed by atoms with van der Waals surface area (Å²) in [5.74, 6) is -1.22. The Morgan fingerprint density at radius 2 is 1.76 bits per heavy atom. The molecule has 182 valence electrons. The third kappa shape index (κ3) is 8.91. The molecule has 34 heavy (non-hydrogen) atoms. The average molecular weight is 471 g/mol. The van der Waals surface area contributed by atoms with Crippen molar-refractivity contribution in [1.29, 1.82) is 0 Å². The molecular formula is C24H30N4O6. The first-order valence-corrected chi connectivity index (χ1v) is 10.8. The Balaban J connectivity index is 1.85. The molecule has 3 N–H and O–H groups in total. The summed E-state index contributed by atoms with van der Waals surface area (Å²) in [4.78, 5) is 35.6. The van der Waals surface area contributed by atoms with Crippen molar-refractivity contribution >= 4 is 29.6 Å². The van der Waals surface area contributed by atoms with Crippen LogP contribution in [0.25, 0.3) is 0 Å². The minimum absolute atomic E-state index is 0.200. The molecule has 0 saturated carbocycles. The van der Waals surface area contributed by atoms with Crippen LogP contribution in [0.4, 0.5) is 5.69 Å². The van der Waals surface area contributed by atoms with E-state index in [1.165, 1.54) is 18.9 Å². The van der Waals surface area contributed by atoms with Crippen LogP contribution in [0.5, 0.6) is 11.5 Å². The lowest BCUT2D eigenvalue weighted by Gasteiger charge is -2.11. The zero-order valence-electron chi connectivity index (χ0n) is 19.6. The molecule has 2 aromatic carbocycles. The van der Waals surface area contributed by atoms with E-state index in [-0.39, 0.29) is 12.5 Å². The number of amides is 3. The Kier molecular flexibility index (Phi) is 11.1. The van der Waals surface area contributed by atoms with Crippen LogP contribution in [0.15, 0.2) is 47.6 Å². The van der Waals surface area contributed by atoms with Crippen LogP contribution < -0.4 is 25.5 Å². The van der Waals surface area contributed by atoms with E-state index in [2.05, 4.69) is 28.1 Å². The number of ether oxygens (including phenoxy) is 3. The zero-order chi connectivity index (χ0) is 24.8. The normalized spacial score (nSPS) is 10.6. The standard InChI is InChI=1S/C24H30N4O6/c1-4-17-6-9-19(10-7-17)27-22(29)16-34-20-11-8-18(14-21(20)33-3)15-26-28-24(31)23(30)25-12-5-13-32-2/h6-11,14-15H,4-5,12-13,16H2,1-3H3,(H,25,30)(H,27,29)(H,28,31)/b26-15-. The zero-order valence-corrected chi connectivity index (χ0v) is 19.6. The van der Waals surface area contributed by atoms with Gasteiger partial charge in [-0.25, -0.2) is 5.43 Å². The number of hydrogen-bond donors (Lipinski definition) is 3. The Labute approximate surface area is 198 Å². The lowest BCUT2D eigenvalue weighted by Crippen LogP contribution is -2.38. The van der Waals surface area contributed by atoms with Gasteiger partial charge in [-0.05, 0) is 54.3 Å². The van der Waals surface area contributed by atoms with Gasteiger partial charge in [-0.15, -0.1) is 0 Å². The van der Waals surface area contributed by atoms with E-state index in [1.807, 2.05) is 24.3 Å². The molecule has 0 aliphatic heterocycles. The van der Waals surface area contributed by atoms with Gasteiger partial charge in [-0.3, -0.25) is 14.4 Å². The molecule has 2 aromatic rings. The van der Waals surface area contributed by atoms with E-state index in [4.69, 9.17) is 14.2 Å². The van der Waals surface area contributed by atoms with E-state index in [0.29, 0.717) is 42.3 Å². The lowest BCUT2D eigenvalue weighted by molar-refractivity contribution is -0.139. The molecule has 0 atom stereocenters. The fraction of sp³-hybridized carbons (Fsp3) is 0.333. The number of carbonyl (C=O) groups excluding carboxylic acids is 3. The van der Waals surface area contributed by atoms with Crippen molar-refractivity contribution in [3.63, 3.8) is 0 Å². The molecule has 0 fully saturated rings. The van der Waals surface area contributed by atoms with E-state index >= 15 is 0 Å². The van der Waals surface area contributed by atoms with Gasteiger partial charge < -0.3 is 24.8 Å². The van der Waals surface area contributed by atoms with Gasteiger partial charge >= 0.3 is 11.8 Å². The Morgan fingerprint density at radius 3 is 2.44 bits per heavy atom. The molecule has 0 bridgehead atoms. The number of carbonyl (C=O) groups is 3. The fourth-order valence-corrected chi connectivity index (χ4v) is 2.76. The van der Waals surface area contributed by atoms with E-state index in [9.17, 15) is 14.4 Å². The molecular weight excluding hydrogens is 440 g/mol. The van der Waals surface area contributed by atoms with Crippen LogP contribution >= 0.6 is 0 Å². The third-order valence-electron chi connectivity index (χ3n) is 4.59. The summed E-state index contributed by atoms with van der Waals surface area (Å²) in [6, 6.07) is 12.5. The Morgan fingerprint density at radius 1 is 1.00 bits per heavy atom. The van der Waals surface area contributed by atoms with Crippen molar-refractivity contribution in [3.05, 3.63) is 53.6 Å². The van der Waals surface area contributed by atoms with Crippen molar-refractivity contribution in [2.45, 2.75) is 19.8 Å². The number of benzene rings is 2. The summed E-state index contributed by atoms with van der Waals surface area (Å²) in [5, 5.41) is 9.01. The molecule has 0 heterocycles. The number of rotatable bonds is 12. The van der Waals surface area contributed by atoms with Crippen LogP contribution in [-0.2, 0) is 25.5 Å². The molecule has 10 heteroatoms. The minimum Gasteiger partial charge on any atom is -0.493 e. The molecule has 0 aromatic heterocycles. The highest BCUT2D eigenvalue weighted by Crippen LogP contribution is 2.27. The number of hydrazone groups is 1. The van der Waals surface area contributed by atoms with Crippen LogP contribution in [-0.4, -0.2) is 57.9 Å². The maximum absolute atomic E-state index is 12.2. The van der Waals surface area contributed by atoms with Gasteiger partial charge in [-0.2, -0.15) is 5.10 Å². The Bertz CT molecular complexity index is 991. The monoisotopic (exact) mass is 470 g/mol. The number of nitrogens with zero attached hydrogens (tertiary/aromatic N) is 1. The fourth-order valence-electron chi connectivity index (χ4n) is 2.76. The van der Waals surface area contributed by atoms with E-state index in [1.54, 1.807) is 25.3 Å². The SMILES string of the molecule is CCc1ccc(NC(=O)COc2ccc(/C=N\NC(=O)C(=O)NCCCOC)cc2OC)cc1. The molecule has 0 saturated heterocycles. The summed E-state index contributed by atoms with van der Waals surface area (Å²) in [5.41, 5.74) is 4.62. The molecule has 3 amide bonds. The minimum atomic E-state index is -0.879. The first-order chi connectivity index (χ1) is 16.5. The van der Waals surface area contributed by atoms with Gasteiger partial charge in [0.15, 0.2) is 18.1 Å². The molecule has 2 rings (SSSR count). The van der Waals surface area contributed by atoms with Crippen molar-refractivity contribution < 1.29 is 28.6 Å². The second-order valence-corrected chi connectivity index (χ2v) is 7.10. The van der Waals surface area contributed by atoms with Crippen molar-refractivity contribution in [2.24, 2.45) is 5.10 Å². The van der Waals surface area contributed by atoms with Crippen LogP contribution in [0.3, 0.4) is 0 Å². The van der Waals surface area contributed by atoms with Crippen LogP contribution in [0.1, 0.15) is 24.5 Å². The number of methoxy groups -OCH3 is 2. The quantitative estimate of drug-likeness (QED) is 0.188. The average Bonchev–Trinajstić information content (AvgIpc) is 2.85. The number of aryl methyl sites for hydroxylation is 1. The first kappa shape index (κ1) is 26.3. The highest BCUT2D eigenvalue weighted by atomic mass is 16.5. The van der Waals surface area contributed by atoms with Gasteiger partial charge in [0.1, 0.15) is 0 Å². The van der Waals surface area contributed by atoms with Crippen molar-refractivity contribution in [2.75, 3.05) is 39.3 Å². The topological polar surface area (TPSA) is 127 Å². The lowest BCUT2D eigenvalue weighted by atomic mass is 10.1. The molecule has 0 aliphatic carbocycles. The summed E-state index contributed by atoms with van der Waals surface area (Å²) in [7, 11) is 3.02. The van der Waals surface area contributed by atoms with E-state index in [0.717, 1.165) is 6.42 Å². The second-order valence-electron chi connectivity index (χ2n) is 7.10.